The number of pyridine rings is 1. The fraction of sp³-hybridized carbons (Fsp3) is 0.304. The summed E-state index contributed by atoms with van der Waals surface area (Å²) in [7, 11) is 3.65. The smallest absolute Gasteiger partial charge is 0.241 e. The van der Waals surface area contributed by atoms with E-state index in [1.807, 2.05) is 52.1 Å². The molecule has 8 nitrogen and oxygen atoms in total. The maximum absolute atomic E-state index is 5.99. The zero-order valence-corrected chi connectivity index (χ0v) is 18.3. The zero-order chi connectivity index (χ0) is 22.0. The van der Waals surface area contributed by atoms with Crippen LogP contribution in [0.3, 0.4) is 0 Å². The molecule has 0 amide bonds. The summed E-state index contributed by atoms with van der Waals surface area (Å²) in [6.45, 7) is 7.05. The normalized spacial score (nSPS) is 11.3. The van der Waals surface area contributed by atoms with E-state index >= 15 is 0 Å². The van der Waals surface area contributed by atoms with Crippen LogP contribution in [0.4, 0.5) is 0 Å². The molecule has 0 spiro atoms. The Labute approximate surface area is 180 Å². The maximum atomic E-state index is 5.99. The molecule has 0 aliphatic heterocycles. The summed E-state index contributed by atoms with van der Waals surface area (Å²) in [6.07, 6.45) is 3.42. The predicted molar refractivity (Wildman–Crippen MR) is 115 cm³/mol. The van der Waals surface area contributed by atoms with E-state index in [0.717, 1.165) is 39.5 Å². The van der Waals surface area contributed by atoms with Crippen molar-refractivity contribution >= 4 is 0 Å². The summed E-state index contributed by atoms with van der Waals surface area (Å²) >= 11 is 0. The van der Waals surface area contributed by atoms with Crippen LogP contribution in [0.5, 0.6) is 5.75 Å². The second-order valence-electron chi connectivity index (χ2n) is 7.58. The van der Waals surface area contributed by atoms with Crippen LogP contribution >= 0.6 is 0 Å². The molecule has 0 saturated heterocycles. The van der Waals surface area contributed by atoms with Crippen molar-refractivity contribution in [2.75, 3.05) is 14.2 Å². The molecule has 0 N–H and O–H groups in total. The first kappa shape index (κ1) is 20.7. The Morgan fingerprint density at radius 1 is 1.06 bits per heavy atom. The number of hydrogen-bond acceptors (Lipinski definition) is 8. The number of hydrogen-bond donors (Lipinski definition) is 0. The van der Waals surface area contributed by atoms with E-state index in [1.54, 1.807) is 19.5 Å². The molecule has 0 aliphatic rings. The molecule has 0 saturated carbocycles. The number of aromatic nitrogens is 4. The Morgan fingerprint density at radius 3 is 2.65 bits per heavy atom. The molecular weight excluding hydrogens is 394 g/mol. The molecular formula is C23H25N5O3. The highest BCUT2D eigenvalue weighted by Crippen LogP contribution is 2.31. The quantitative estimate of drug-likeness (QED) is 0.437. The molecule has 0 fully saturated rings. The molecule has 0 atom stereocenters. The molecule has 3 heterocycles. The number of aryl methyl sites for hydroxylation is 3. The van der Waals surface area contributed by atoms with Crippen molar-refractivity contribution in [3.05, 3.63) is 65.1 Å². The Hall–Kier alpha value is -3.52. The number of ether oxygens (including phenoxy) is 1. The Kier molecular flexibility index (Phi) is 5.81. The number of rotatable bonds is 7. The van der Waals surface area contributed by atoms with Crippen molar-refractivity contribution in [1.29, 1.82) is 0 Å². The first-order chi connectivity index (χ1) is 14.9. The largest absolute Gasteiger partial charge is 0.496 e. The zero-order valence-electron chi connectivity index (χ0n) is 18.3. The summed E-state index contributed by atoms with van der Waals surface area (Å²) in [5.74, 6) is 3.32. The van der Waals surface area contributed by atoms with Crippen LogP contribution in [0.25, 0.3) is 22.8 Å². The lowest BCUT2D eigenvalue weighted by atomic mass is 10.0. The van der Waals surface area contributed by atoms with E-state index in [1.165, 1.54) is 0 Å². The molecule has 0 bridgehead atoms. The molecule has 3 aromatic heterocycles. The van der Waals surface area contributed by atoms with E-state index in [0.29, 0.717) is 30.7 Å². The summed E-state index contributed by atoms with van der Waals surface area (Å²) < 4.78 is 16.8. The van der Waals surface area contributed by atoms with E-state index in [4.69, 9.17) is 18.7 Å². The van der Waals surface area contributed by atoms with Gasteiger partial charge in [0.1, 0.15) is 11.5 Å². The SMILES string of the molecule is COc1cc(C)c(-c2nc(CN(C)Cc3nc(-c4cccnc4)no3)c(C)o2)cc1C. The van der Waals surface area contributed by atoms with Gasteiger partial charge in [0.15, 0.2) is 0 Å². The average Bonchev–Trinajstić information content (AvgIpc) is 3.37. The number of benzene rings is 1. The first-order valence-corrected chi connectivity index (χ1v) is 9.98. The van der Waals surface area contributed by atoms with Crippen LogP contribution in [0.15, 0.2) is 45.6 Å². The van der Waals surface area contributed by atoms with Crippen LogP contribution in [0.1, 0.15) is 28.5 Å². The van der Waals surface area contributed by atoms with Crippen LogP contribution in [-0.2, 0) is 13.1 Å². The second kappa shape index (κ2) is 8.69. The second-order valence-corrected chi connectivity index (χ2v) is 7.58. The highest BCUT2D eigenvalue weighted by molar-refractivity contribution is 5.62. The minimum atomic E-state index is 0.496. The molecule has 4 rings (SSSR count). The molecule has 31 heavy (non-hydrogen) atoms. The third-order valence-electron chi connectivity index (χ3n) is 5.08. The third kappa shape index (κ3) is 4.49. The summed E-state index contributed by atoms with van der Waals surface area (Å²) in [5, 5.41) is 4.04. The van der Waals surface area contributed by atoms with Gasteiger partial charge in [-0.25, -0.2) is 4.98 Å². The number of nitrogens with zero attached hydrogens (tertiary/aromatic N) is 5. The van der Waals surface area contributed by atoms with Gasteiger partial charge in [0.2, 0.25) is 17.6 Å². The average molecular weight is 419 g/mol. The van der Waals surface area contributed by atoms with E-state index in [2.05, 4.69) is 20.0 Å². The van der Waals surface area contributed by atoms with Crippen LogP contribution in [0.2, 0.25) is 0 Å². The van der Waals surface area contributed by atoms with Crippen molar-refractivity contribution in [2.45, 2.75) is 33.9 Å². The number of oxazole rings is 1. The molecule has 0 unspecified atom stereocenters. The van der Waals surface area contributed by atoms with Gasteiger partial charge in [0.05, 0.1) is 19.3 Å². The third-order valence-corrected chi connectivity index (χ3v) is 5.08. The van der Waals surface area contributed by atoms with Crippen molar-refractivity contribution in [2.24, 2.45) is 0 Å². The van der Waals surface area contributed by atoms with Crippen LogP contribution in [0, 0.1) is 20.8 Å². The Balaban J connectivity index is 1.48. The summed E-state index contributed by atoms with van der Waals surface area (Å²) in [5.41, 5.74) is 4.75. The van der Waals surface area contributed by atoms with Gasteiger partial charge in [0, 0.05) is 30.1 Å². The molecule has 4 aromatic rings. The Morgan fingerprint density at radius 2 is 1.90 bits per heavy atom. The molecule has 160 valence electrons. The highest BCUT2D eigenvalue weighted by Gasteiger charge is 2.18. The van der Waals surface area contributed by atoms with Gasteiger partial charge in [-0.3, -0.25) is 9.88 Å². The molecule has 8 heteroatoms. The lowest BCUT2D eigenvalue weighted by Crippen LogP contribution is -2.18. The van der Waals surface area contributed by atoms with Gasteiger partial charge in [-0.1, -0.05) is 5.16 Å². The summed E-state index contributed by atoms with van der Waals surface area (Å²) in [4.78, 5) is 15.4. The fourth-order valence-electron chi connectivity index (χ4n) is 3.40. The van der Waals surface area contributed by atoms with E-state index < -0.39 is 0 Å². The fourth-order valence-corrected chi connectivity index (χ4v) is 3.40. The van der Waals surface area contributed by atoms with Gasteiger partial charge in [-0.05, 0) is 63.2 Å². The van der Waals surface area contributed by atoms with E-state index in [-0.39, 0.29) is 0 Å². The van der Waals surface area contributed by atoms with Crippen molar-refractivity contribution in [3.63, 3.8) is 0 Å². The van der Waals surface area contributed by atoms with Gasteiger partial charge in [-0.15, -0.1) is 0 Å². The summed E-state index contributed by atoms with van der Waals surface area (Å²) in [6, 6.07) is 7.79. The molecule has 1 aromatic carbocycles. The standard InChI is InChI=1S/C23H25N5O3/c1-14-10-20(29-5)15(2)9-18(14)23-25-19(16(3)30-23)12-28(4)13-21-26-22(27-31-21)17-7-6-8-24-11-17/h6-11H,12-13H2,1-5H3. The topological polar surface area (TPSA) is 90.3 Å². The van der Waals surface area contributed by atoms with Crippen molar-refractivity contribution in [1.82, 2.24) is 25.0 Å². The molecule has 0 radical (unpaired) electrons. The maximum Gasteiger partial charge on any atom is 0.241 e. The van der Waals surface area contributed by atoms with Gasteiger partial charge >= 0.3 is 0 Å². The van der Waals surface area contributed by atoms with Crippen LogP contribution in [-0.4, -0.2) is 39.2 Å². The van der Waals surface area contributed by atoms with Gasteiger partial charge in [-0.2, -0.15) is 4.98 Å². The highest BCUT2D eigenvalue weighted by atomic mass is 16.5. The lowest BCUT2D eigenvalue weighted by Gasteiger charge is -2.12. The van der Waals surface area contributed by atoms with Gasteiger partial charge < -0.3 is 13.7 Å². The van der Waals surface area contributed by atoms with Gasteiger partial charge in [0.25, 0.3) is 0 Å². The first-order valence-electron chi connectivity index (χ1n) is 9.98. The van der Waals surface area contributed by atoms with Crippen molar-refractivity contribution < 1.29 is 13.7 Å². The van der Waals surface area contributed by atoms with Crippen molar-refractivity contribution in [3.8, 4) is 28.6 Å². The minimum absolute atomic E-state index is 0.496. The van der Waals surface area contributed by atoms with Crippen LogP contribution < -0.4 is 4.74 Å². The van der Waals surface area contributed by atoms with E-state index in [9.17, 15) is 0 Å². The number of methoxy groups -OCH3 is 1. The monoisotopic (exact) mass is 419 g/mol. The molecule has 0 aliphatic carbocycles. The Bertz CT molecular complexity index is 1180. The minimum Gasteiger partial charge on any atom is -0.496 e. The predicted octanol–water partition coefficient (Wildman–Crippen LogP) is 4.35. The lowest BCUT2D eigenvalue weighted by molar-refractivity contribution is 0.258.